The number of nitrogens with zero attached hydrogens (tertiary/aromatic N) is 1. The second-order valence-electron chi connectivity index (χ2n) is 4.29. The molecule has 4 nitrogen and oxygen atoms in total. The number of rotatable bonds is 5. The molecular weight excluding hydrogens is 258 g/mol. The predicted octanol–water partition coefficient (Wildman–Crippen LogP) is 1.59. The van der Waals surface area contributed by atoms with E-state index in [-0.39, 0.29) is 19.2 Å². The van der Waals surface area contributed by atoms with Gasteiger partial charge >= 0.3 is 0 Å². The van der Waals surface area contributed by atoms with Crippen molar-refractivity contribution in [1.82, 2.24) is 4.31 Å². The van der Waals surface area contributed by atoms with Gasteiger partial charge in [0.2, 0.25) is 0 Å². The van der Waals surface area contributed by atoms with E-state index < -0.39 is 10.0 Å². The Morgan fingerprint density at radius 1 is 1.47 bits per heavy atom. The molecule has 0 saturated heterocycles. The van der Waals surface area contributed by atoms with E-state index in [1.807, 2.05) is 13.0 Å². The molecule has 1 aromatic rings. The Kier molecular flexibility index (Phi) is 3.87. The maximum Gasteiger partial charge on any atom is 0.252 e. The minimum atomic E-state index is -3.41. The smallest absolute Gasteiger partial charge is 0.252 e. The molecule has 0 aliphatic heterocycles. The molecule has 0 radical (unpaired) electrons. The third kappa shape index (κ3) is 2.54. The molecular formula is C11H17NO3S2. The first-order valence-electron chi connectivity index (χ1n) is 5.75. The number of thiophene rings is 1. The van der Waals surface area contributed by atoms with Crippen molar-refractivity contribution in [3.05, 3.63) is 17.0 Å². The lowest BCUT2D eigenvalue weighted by atomic mass is 9.93. The molecule has 1 N–H and O–H groups in total. The van der Waals surface area contributed by atoms with Gasteiger partial charge < -0.3 is 5.11 Å². The fourth-order valence-corrected chi connectivity index (χ4v) is 5.03. The van der Waals surface area contributed by atoms with Crippen molar-refractivity contribution in [2.45, 2.75) is 36.4 Å². The van der Waals surface area contributed by atoms with E-state index >= 15 is 0 Å². The van der Waals surface area contributed by atoms with Gasteiger partial charge in [-0.05, 0) is 31.9 Å². The fourth-order valence-electron chi connectivity index (χ4n) is 1.94. The van der Waals surface area contributed by atoms with Crippen molar-refractivity contribution in [2.24, 2.45) is 0 Å². The topological polar surface area (TPSA) is 57.6 Å². The molecule has 0 bridgehead atoms. The summed E-state index contributed by atoms with van der Waals surface area (Å²) >= 11 is 1.29. The van der Waals surface area contributed by atoms with Crippen LogP contribution in [0.25, 0.3) is 0 Å². The van der Waals surface area contributed by atoms with Crippen molar-refractivity contribution < 1.29 is 13.5 Å². The standard InChI is InChI=1S/C11H17NO3S2/c1-9-5-6-11(16-9)17(14,15)12(7-8-13)10-3-2-4-10/h5-6,10,13H,2-4,7-8H2,1H3. The highest BCUT2D eigenvalue weighted by atomic mass is 32.2. The first-order valence-corrected chi connectivity index (χ1v) is 8.00. The van der Waals surface area contributed by atoms with Crippen LogP contribution in [0.4, 0.5) is 0 Å². The van der Waals surface area contributed by atoms with Crippen LogP contribution in [-0.4, -0.2) is 37.0 Å². The summed E-state index contributed by atoms with van der Waals surface area (Å²) in [6, 6.07) is 3.54. The summed E-state index contributed by atoms with van der Waals surface area (Å²) in [4.78, 5) is 0.987. The molecule has 1 aliphatic rings. The second kappa shape index (κ2) is 5.06. The van der Waals surface area contributed by atoms with Gasteiger partial charge in [0, 0.05) is 17.5 Å². The van der Waals surface area contributed by atoms with Gasteiger partial charge in [-0.3, -0.25) is 0 Å². The summed E-state index contributed by atoms with van der Waals surface area (Å²) in [6.07, 6.45) is 2.89. The molecule has 0 unspecified atom stereocenters. The van der Waals surface area contributed by atoms with Gasteiger partial charge in [-0.15, -0.1) is 11.3 Å². The Labute approximate surface area is 106 Å². The lowest BCUT2D eigenvalue weighted by Gasteiger charge is -2.35. The monoisotopic (exact) mass is 275 g/mol. The third-order valence-electron chi connectivity index (χ3n) is 3.08. The highest BCUT2D eigenvalue weighted by Gasteiger charge is 2.35. The zero-order valence-electron chi connectivity index (χ0n) is 9.80. The molecule has 1 aromatic heterocycles. The van der Waals surface area contributed by atoms with E-state index in [4.69, 9.17) is 5.11 Å². The average Bonchev–Trinajstić information content (AvgIpc) is 2.62. The van der Waals surface area contributed by atoms with E-state index in [0.29, 0.717) is 4.21 Å². The number of aliphatic hydroxyl groups excluding tert-OH is 1. The minimum absolute atomic E-state index is 0.0783. The minimum Gasteiger partial charge on any atom is -0.395 e. The van der Waals surface area contributed by atoms with Crippen LogP contribution in [0.1, 0.15) is 24.1 Å². The quantitative estimate of drug-likeness (QED) is 0.888. The summed E-state index contributed by atoms with van der Waals surface area (Å²) in [5, 5.41) is 9.02. The number of hydrogen-bond donors (Lipinski definition) is 1. The number of aryl methyl sites for hydroxylation is 1. The molecule has 0 spiro atoms. The highest BCUT2D eigenvalue weighted by Crippen LogP contribution is 2.32. The number of sulfonamides is 1. The van der Waals surface area contributed by atoms with Crippen LogP contribution >= 0.6 is 11.3 Å². The Bertz CT molecular complexity index is 477. The van der Waals surface area contributed by atoms with Crippen molar-refractivity contribution in [3.8, 4) is 0 Å². The molecule has 6 heteroatoms. The zero-order chi connectivity index (χ0) is 12.5. The van der Waals surface area contributed by atoms with Gasteiger partial charge in [-0.2, -0.15) is 4.31 Å². The molecule has 1 heterocycles. The second-order valence-corrected chi connectivity index (χ2v) is 7.69. The molecule has 0 amide bonds. The fraction of sp³-hybridized carbons (Fsp3) is 0.636. The van der Waals surface area contributed by atoms with Gasteiger partial charge in [0.25, 0.3) is 10.0 Å². The van der Waals surface area contributed by atoms with E-state index in [9.17, 15) is 8.42 Å². The van der Waals surface area contributed by atoms with Gasteiger partial charge in [0.1, 0.15) is 4.21 Å². The molecule has 96 valence electrons. The SMILES string of the molecule is Cc1ccc(S(=O)(=O)N(CCO)C2CCC2)s1. The van der Waals surface area contributed by atoms with Gasteiger partial charge in [-0.1, -0.05) is 6.42 Å². The van der Waals surface area contributed by atoms with Crippen LogP contribution in [0.3, 0.4) is 0 Å². The Hall–Kier alpha value is -0.430. The maximum absolute atomic E-state index is 12.4. The van der Waals surface area contributed by atoms with Crippen molar-refractivity contribution >= 4 is 21.4 Å². The summed E-state index contributed by atoms with van der Waals surface area (Å²) in [5.74, 6) is 0. The summed E-state index contributed by atoms with van der Waals surface area (Å²) in [6.45, 7) is 1.97. The summed E-state index contributed by atoms with van der Waals surface area (Å²) in [5.41, 5.74) is 0. The van der Waals surface area contributed by atoms with E-state index in [2.05, 4.69) is 0 Å². The van der Waals surface area contributed by atoms with Crippen molar-refractivity contribution in [2.75, 3.05) is 13.2 Å². The highest BCUT2D eigenvalue weighted by molar-refractivity contribution is 7.91. The average molecular weight is 275 g/mol. The molecule has 17 heavy (non-hydrogen) atoms. The molecule has 1 aliphatic carbocycles. The Morgan fingerprint density at radius 2 is 2.18 bits per heavy atom. The van der Waals surface area contributed by atoms with Crippen LogP contribution < -0.4 is 0 Å². The van der Waals surface area contributed by atoms with Crippen LogP contribution in [-0.2, 0) is 10.0 Å². The number of aliphatic hydroxyl groups is 1. The molecule has 0 atom stereocenters. The Balaban J connectivity index is 2.27. The van der Waals surface area contributed by atoms with E-state index in [1.165, 1.54) is 15.6 Å². The van der Waals surface area contributed by atoms with Gasteiger partial charge in [0.15, 0.2) is 0 Å². The lowest BCUT2D eigenvalue weighted by Crippen LogP contribution is -2.45. The van der Waals surface area contributed by atoms with Gasteiger partial charge in [-0.25, -0.2) is 8.42 Å². The largest absolute Gasteiger partial charge is 0.395 e. The predicted molar refractivity (Wildman–Crippen MR) is 67.7 cm³/mol. The molecule has 2 rings (SSSR count). The normalized spacial score (nSPS) is 17.4. The summed E-state index contributed by atoms with van der Waals surface area (Å²) in [7, 11) is -3.41. The van der Waals surface area contributed by atoms with Crippen LogP contribution in [0.5, 0.6) is 0 Å². The summed E-state index contributed by atoms with van der Waals surface area (Å²) < 4.78 is 26.6. The lowest BCUT2D eigenvalue weighted by molar-refractivity contribution is 0.178. The van der Waals surface area contributed by atoms with Crippen molar-refractivity contribution in [3.63, 3.8) is 0 Å². The zero-order valence-corrected chi connectivity index (χ0v) is 11.4. The van der Waals surface area contributed by atoms with Crippen LogP contribution in [0, 0.1) is 6.92 Å². The number of hydrogen-bond acceptors (Lipinski definition) is 4. The first kappa shape index (κ1) is 13.0. The van der Waals surface area contributed by atoms with Gasteiger partial charge in [0.05, 0.1) is 6.61 Å². The van der Waals surface area contributed by atoms with E-state index in [0.717, 1.165) is 24.1 Å². The van der Waals surface area contributed by atoms with Crippen LogP contribution in [0.15, 0.2) is 16.3 Å². The molecule has 1 saturated carbocycles. The van der Waals surface area contributed by atoms with Crippen molar-refractivity contribution in [1.29, 1.82) is 0 Å². The van der Waals surface area contributed by atoms with Crippen LogP contribution in [0.2, 0.25) is 0 Å². The molecule has 1 fully saturated rings. The first-order chi connectivity index (χ1) is 8.05. The maximum atomic E-state index is 12.4. The van der Waals surface area contributed by atoms with E-state index in [1.54, 1.807) is 6.07 Å². The Morgan fingerprint density at radius 3 is 2.59 bits per heavy atom. The molecule has 0 aromatic carbocycles. The third-order valence-corrected chi connectivity index (χ3v) is 6.50.